The summed E-state index contributed by atoms with van der Waals surface area (Å²) in [4.78, 5) is 24.8. The number of aromatic nitrogens is 5. The highest BCUT2D eigenvalue weighted by Gasteiger charge is 2.27. The Balaban J connectivity index is 1.31. The molecule has 1 fully saturated rings. The van der Waals surface area contributed by atoms with Gasteiger partial charge in [-0.2, -0.15) is 5.10 Å². The second-order valence-corrected chi connectivity index (χ2v) is 9.41. The van der Waals surface area contributed by atoms with Gasteiger partial charge in [0, 0.05) is 24.7 Å². The van der Waals surface area contributed by atoms with Crippen LogP contribution in [-0.4, -0.2) is 55.2 Å². The predicted molar refractivity (Wildman–Crippen MR) is 134 cm³/mol. The number of amides is 1. The van der Waals surface area contributed by atoms with Crippen molar-refractivity contribution in [2.45, 2.75) is 39.8 Å². The number of nitrogens with one attached hydrogen (secondary N) is 2. The molecule has 0 spiro atoms. The Kier molecular flexibility index (Phi) is 6.50. The average molecular weight is 474 g/mol. The van der Waals surface area contributed by atoms with Crippen molar-refractivity contribution in [1.82, 2.24) is 29.6 Å². The van der Waals surface area contributed by atoms with E-state index < -0.39 is 0 Å². The standard InChI is InChI=1S/C26H31N7O2/c1-17(2)13-25-28-19-7-4-5-9-21(19)33(25)16-26(34)32-11-12-35-22(15-32)20-8-6-10-23(27-20)29-24-14-18(3)30-31-24/h4-10,14,17,22H,11-13,15-16H2,1-3H3,(H2,27,29,30,31). The fraction of sp³-hybridized carbons (Fsp3) is 0.385. The highest BCUT2D eigenvalue weighted by molar-refractivity contribution is 5.81. The minimum atomic E-state index is -0.287. The number of aryl methyl sites for hydroxylation is 1. The number of imidazole rings is 1. The van der Waals surface area contributed by atoms with E-state index in [9.17, 15) is 4.79 Å². The SMILES string of the molecule is Cc1cc(Nc2cccc(C3CN(C(=O)Cn4c(CC(C)C)nc5ccccc54)CCO3)n2)n[nH]1. The van der Waals surface area contributed by atoms with Gasteiger partial charge >= 0.3 is 0 Å². The van der Waals surface area contributed by atoms with E-state index in [-0.39, 0.29) is 18.6 Å². The molecule has 3 aromatic heterocycles. The largest absolute Gasteiger partial charge is 0.368 e. The molecule has 0 saturated carbocycles. The number of carbonyl (C=O) groups excluding carboxylic acids is 1. The average Bonchev–Trinajstić information content (AvgIpc) is 3.41. The van der Waals surface area contributed by atoms with Crippen LogP contribution in [0.1, 0.15) is 37.2 Å². The molecule has 4 aromatic rings. The number of fused-ring (bicyclic) bond motifs is 1. The summed E-state index contributed by atoms with van der Waals surface area (Å²) in [6, 6.07) is 15.7. The van der Waals surface area contributed by atoms with Crippen LogP contribution in [-0.2, 0) is 22.5 Å². The molecule has 9 heteroatoms. The summed E-state index contributed by atoms with van der Waals surface area (Å²) >= 11 is 0. The van der Waals surface area contributed by atoms with Crippen LogP contribution < -0.4 is 5.32 Å². The monoisotopic (exact) mass is 473 g/mol. The number of ether oxygens (including phenoxy) is 1. The van der Waals surface area contributed by atoms with Crippen molar-refractivity contribution >= 4 is 28.6 Å². The number of para-hydroxylation sites is 2. The molecule has 35 heavy (non-hydrogen) atoms. The number of pyridine rings is 1. The Morgan fingerprint density at radius 2 is 2.03 bits per heavy atom. The Morgan fingerprint density at radius 3 is 2.83 bits per heavy atom. The fourth-order valence-electron chi connectivity index (χ4n) is 4.43. The predicted octanol–water partition coefficient (Wildman–Crippen LogP) is 4.01. The van der Waals surface area contributed by atoms with Crippen molar-refractivity contribution in [3.63, 3.8) is 0 Å². The topological polar surface area (TPSA) is 101 Å². The molecule has 1 saturated heterocycles. The summed E-state index contributed by atoms with van der Waals surface area (Å²) in [5, 5.41) is 10.3. The minimum absolute atomic E-state index is 0.0627. The zero-order valence-corrected chi connectivity index (χ0v) is 20.4. The van der Waals surface area contributed by atoms with Gasteiger partial charge in [0.25, 0.3) is 0 Å². The highest BCUT2D eigenvalue weighted by Crippen LogP contribution is 2.24. The fourth-order valence-corrected chi connectivity index (χ4v) is 4.43. The number of benzene rings is 1. The molecule has 1 unspecified atom stereocenters. The molecule has 182 valence electrons. The van der Waals surface area contributed by atoms with Crippen LogP contribution in [0.25, 0.3) is 11.0 Å². The first-order chi connectivity index (χ1) is 17.0. The lowest BCUT2D eigenvalue weighted by Gasteiger charge is -2.33. The second-order valence-electron chi connectivity index (χ2n) is 9.41. The van der Waals surface area contributed by atoms with E-state index in [0.717, 1.165) is 34.7 Å². The highest BCUT2D eigenvalue weighted by atomic mass is 16.5. The quantitative estimate of drug-likeness (QED) is 0.421. The number of hydrogen-bond donors (Lipinski definition) is 2. The number of morpholine rings is 1. The van der Waals surface area contributed by atoms with Gasteiger partial charge in [-0.1, -0.05) is 32.0 Å². The van der Waals surface area contributed by atoms with E-state index in [1.54, 1.807) is 0 Å². The molecule has 1 aliphatic rings. The summed E-state index contributed by atoms with van der Waals surface area (Å²) < 4.78 is 8.08. The molecule has 1 atom stereocenters. The lowest BCUT2D eigenvalue weighted by Crippen LogP contribution is -2.44. The maximum Gasteiger partial charge on any atom is 0.242 e. The number of nitrogens with zero attached hydrogens (tertiary/aromatic N) is 5. The van der Waals surface area contributed by atoms with Gasteiger partial charge in [0.1, 0.15) is 24.3 Å². The van der Waals surface area contributed by atoms with Crippen LogP contribution >= 0.6 is 0 Å². The number of H-pyrrole nitrogens is 1. The van der Waals surface area contributed by atoms with Crippen LogP contribution in [0.3, 0.4) is 0 Å². The van der Waals surface area contributed by atoms with E-state index in [1.165, 1.54) is 0 Å². The Hall–Kier alpha value is -3.72. The van der Waals surface area contributed by atoms with Crippen LogP contribution in [0.4, 0.5) is 11.6 Å². The van der Waals surface area contributed by atoms with E-state index in [1.807, 2.05) is 60.4 Å². The maximum absolute atomic E-state index is 13.4. The Labute approximate surface area is 204 Å². The van der Waals surface area contributed by atoms with E-state index >= 15 is 0 Å². The molecule has 1 aromatic carbocycles. The zero-order valence-electron chi connectivity index (χ0n) is 20.4. The first-order valence-corrected chi connectivity index (χ1v) is 12.1. The zero-order chi connectivity index (χ0) is 24.4. The van der Waals surface area contributed by atoms with E-state index in [4.69, 9.17) is 14.7 Å². The number of carbonyl (C=O) groups is 1. The van der Waals surface area contributed by atoms with Crippen LogP contribution in [0, 0.1) is 12.8 Å². The van der Waals surface area contributed by atoms with E-state index in [0.29, 0.717) is 37.3 Å². The van der Waals surface area contributed by atoms with Crippen molar-refractivity contribution in [3.8, 4) is 0 Å². The molecule has 1 aliphatic heterocycles. The summed E-state index contributed by atoms with van der Waals surface area (Å²) in [5.41, 5.74) is 3.68. The van der Waals surface area contributed by atoms with Crippen molar-refractivity contribution in [2.75, 3.05) is 25.0 Å². The molecule has 0 aliphatic carbocycles. The molecule has 4 heterocycles. The molecular formula is C26H31N7O2. The molecule has 2 N–H and O–H groups in total. The lowest BCUT2D eigenvalue weighted by atomic mass is 10.1. The van der Waals surface area contributed by atoms with Gasteiger partial charge in [0.05, 0.1) is 29.9 Å². The van der Waals surface area contributed by atoms with Gasteiger partial charge in [-0.05, 0) is 37.1 Å². The van der Waals surface area contributed by atoms with Gasteiger partial charge < -0.3 is 19.5 Å². The molecular weight excluding hydrogens is 442 g/mol. The minimum Gasteiger partial charge on any atom is -0.368 e. The normalized spacial score (nSPS) is 16.2. The van der Waals surface area contributed by atoms with Gasteiger partial charge in [-0.15, -0.1) is 0 Å². The van der Waals surface area contributed by atoms with Crippen LogP contribution in [0.2, 0.25) is 0 Å². The maximum atomic E-state index is 13.4. The van der Waals surface area contributed by atoms with Crippen molar-refractivity contribution in [3.05, 3.63) is 65.7 Å². The van der Waals surface area contributed by atoms with Gasteiger partial charge in [0.2, 0.25) is 5.91 Å². The lowest BCUT2D eigenvalue weighted by molar-refractivity contribution is -0.139. The van der Waals surface area contributed by atoms with Gasteiger partial charge in [-0.3, -0.25) is 9.89 Å². The van der Waals surface area contributed by atoms with Crippen LogP contribution in [0.15, 0.2) is 48.5 Å². The number of aromatic amines is 1. The van der Waals surface area contributed by atoms with Crippen molar-refractivity contribution in [1.29, 1.82) is 0 Å². The number of anilines is 2. The molecule has 5 rings (SSSR count). The van der Waals surface area contributed by atoms with Crippen LogP contribution in [0.5, 0.6) is 0 Å². The third-order valence-corrected chi connectivity index (χ3v) is 6.10. The summed E-state index contributed by atoms with van der Waals surface area (Å²) in [6.45, 7) is 8.04. The molecule has 0 bridgehead atoms. The Morgan fingerprint density at radius 1 is 1.17 bits per heavy atom. The third-order valence-electron chi connectivity index (χ3n) is 6.10. The molecule has 0 radical (unpaired) electrons. The summed E-state index contributed by atoms with van der Waals surface area (Å²) in [7, 11) is 0. The Bertz CT molecular complexity index is 1330. The van der Waals surface area contributed by atoms with Crippen molar-refractivity contribution < 1.29 is 9.53 Å². The smallest absolute Gasteiger partial charge is 0.242 e. The molecule has 1 amide bonds. The first kappa shape index (κ1) is 23.0. The van der Waals surface area contributed by atoms with Crippen molar-refractivity contribution in [2.24, 2.45) is 5.92 Å². The first-order valence-electron chi connectivity index (χ1n) is 12.1. The molecule has 9 nitrogen and oxygen atoms in total. The summed E-state index contributed by atoms with van der Waals surface area (Å²) in [6.07, 6.45) is 0.539. The third kappa shape index (κ3) is 5.19. The van der Waals surface area contributed by atoms with E-state index in [2.05, 4.69) is 33.9 Å². The number of hydrogen-bond acceptors (Lipinski definition) is 6. The second kappa shape index (κ2) is 9.87. The van der Waals surface area contributed by atoms with Gasteiger partial charge in [0.15, 0.2) is 5.82 Å². The van der Waals surface area contributed by atoms with Gasteiger partial charge in [-0.25, -0.2) is 9.97 Å². The summed E-state index contributed by atoms with van der Waals surface area (Å²) in [5.74, 6) is 2.86. The number of rotatable bonds is 7.